The van der Waals surface area contributed by atoms with Gasteiger partial charge in [0.05, 0.1) is 0 Å². The Kier molecular flexibility index (Phi) is 3.51. The van der Waals surface area contributed by atoms with E-state index < -0.39 is 11.6 Å². The van der Waals surface area contributed by atoms with Crippen LogP contribution in [-0.2, 0) is 6.42 Å². The van der Waals surface area contributed by atoms with Crippen LogP contribution >= 0.6 is 11.3 Å². The fraction of sp³-hybridized carbons (Fsp3) is 0.167. The molecule has 1 nitrogen and oxygen atoms in total. The van der Waals surface area contributed by atoms with Gasteiger partial charge in [-0.15, -0.1) is 0 Å². The summed E-state index contributed by atoms with van der Waals surface area (Å²) in [4.78, 5) is 0. The lowest BCUT2D eigenvalue weighted by molar-refractivity contribution is 0.584. The van der Waals surface area contributed by atoms with Crippen molar-refractivity contribution in [3.8, 4) is 0 Å². The van der Waals surface area contributed by atoms with Crippen molar-refractivity contribution in [1.29, 1.82) is 0 Å². The summed E-state index contributed by atoms with van der Waals surface area (Å²) in [7, 11) is 0. The molecule has 1 aromatic carbocycles. The Morgan fingerprint density at radius 1 is 1.12 bits per heavy atom. The van der Waals surface area contributed by atoms with E-state index in [-0.39, 0.29) is 0 Å². The molecule has 16 heavy (non-hydrogen) atoms. The predicted molar refractivity (Wildman–Crippen MR) is 62.9 cm³/mol. The van der Waals surface area contributed by atoms with Crippen LogP contribution in [0.3, 0.4) is 0 Å². The fourth-order valence-corrected chi connectivity index (χ4v) is 2.15. The molecule has 1 N–H and O–H groups in total. The molecule has 2 rings (SSSR count). The molecule has 0 spiro atoms. The van der Waals surface area contributed by atoms with Gasteiger partial charge >= 0.3 is 0 Å². The van der Waals surface area contributed by atoms with E-state index in [4.69, 9.17) is 0 Å². The number of benzene rings is 1. The highest BCUT2D eigenvalue weighted by atomic mass is 32.1. The van der Waals surface area contributed by atoms with E-state index in [1.807, 2.05) is 11.4 Å². The summed E-state index contributed by atoms with van der Waals surface area (Å²) in [6.45, 7) is 0.666. The lowest BCUT2D eigenvalue weighted by Crippen LogP contribution is -2.04. The second-order valence-electron chi connectivity index (χ2n) is 3.47. The minimum atomic E-state index is -0.557. The molecule has 0 saturated heterocycles. The molecule has 1 heterocycles. The molecule has 84 valence electrons. The summed E-state index contributed by atoms with van der Waals surface area (Å²) in [6, 6.07) is 5.48. The molecule has 0 fully saturated rings. The predicted octanol–water partition coefficient (Wildman–Crippen LogP) is 3.68. The van der Waals surface area contributed by atoms with Gasteiger partial charge < -0.3 is 5.32 Å². The van der Waals surface area contributed by atoms with E-state index in [0.717, 1.165) is 12.5 Å². The summed E-state index contributed by atoms with van der Waals surface area (Å²) in [5.41, 5.74) is 1.71. The molecule has 0 unspecified atom stereocenters. The lowest BCUT2D eigenvalue weighted by atomic mass is 10.2. The number of rotatable bonds is 4. The summed E-state index contributed by atoms with van der Waals surface area (Å²) in [6.07, 6.45) is 0.849. The molecule has 0 aliphatic heterocycles. The monoisotopic (exact) mass is 239 g/mol. The quantitative estimate of drug-likeness (QED) is 0.858. The van der Waals surface area contributed by atoms with E-state index in [1.54, 1.807) is 11.3 Å². The van der Waals surface area contributed by atoms with Crippen molar-refractivity contribution in [2.24, 2.45) is 0 Å². The van der Waals surface area contributed by atoms with Crippen LogP contribution in [0.5, 0.6) is 0 Å². The largest absolute Gasteiger partial charge is 0.385 e. The molecule has 0 atom stereocenters. The SMILES string of the molecule is Fc1cc(F)cc(NCCc2ccsc2)c1. The molecule has 1 aromatic heterocycles. The zero-order valence-corrected chi connectivity index (χ0v) is 9.36. The summed E-state index contributed by atoms with van der Waals surface area (Å²) >= 11 is 1.64. The lowest BCUT2D eigenvalue weighted by Gasteiger charge is -2.05. The van der Waals surface area contributed by atoms with Gasteiger partial charge in [0.1, 0.15) is 11.6 Å². The van der Waals surface area contributed by atoms with Crippen LogP contribution in [0.15, 0.2) is 35.0 Å². The first-order valence-corrected chi connectivity index (χ1v) is 5.89. The van der Waals surface area contributed by atoms with Gasteiger partial charge in [0.2, 0.25) is 0 Å². The highest BCUT2D eigenvalue weighted by molar-refractivity contribution is 7.07. The molecule has 2 aromatic rings. The maximum absolute atomic E-state index is 12.9. The topological polar surface area (TPSA) is 12.0 Å². The summed E-state index contributed by atoms with van der Waals surface area (Å²) in [5, 5.41) is 7.06. The zero-order valence-electron chi connectivity index (χ0n) is 8.54. The van der Waals surface area contributed by atoms with Crippen LogP contribution in [0, 0.1) is 11.6 Å². The minimum absolute atomic E-state index is 0.479. The van der Waals surface area contributed by atoms with Crippen molar-refractivity contribution in [1.82, 2.24) is 0 Å². The standard InChI is InChI=1S/C12H11F2NS/c13-10-5-11(14)7-12(6-10)15-3-1-9-2-4-16-8-9/h2,4-8,15H,1,3H2. The minimum Gasteiger partial charge on any atom is -0.385 e. The maximum Gasteiger partial charge on any atom is 0.128 e. The zero-order chi connectivity index (χ0) is 11.4. The van der Waals surface area contributed by atoms with Gasteiger partial charge in [-0.3, -0.25) is 0 Å². The number of anilines is 1. The third kappa shape index (κ3) is 3.03. The van der Waals surface area contributed by atoms with Crippen molar-refractivity contribution in [3.63, 3.8) is 0 Å². The van der Waals surface area contributed by atoms with Crippen molar-refractivity contribution in [2.75, 3.05) is 11.9 Å². The number of hydrogen-bond donors (Lipinski definition) is 1. The van der Waals surface area contributed by atoms with Crippen molar-refractivity contribution in [3.05, 3.63) is 52.2 Å². The third-order valence-corrected chi connectivity index (χ3v) is 2.92. The number of nitrogens with one attached hydrogen (secondary N) is 1. The Balaban J connectivity index is 1.89. The normalized spacial score (nSPS) is 10.4. The Hall–Kier alpha value is -1.42. The van der Waals surface area contributed by atoms with Crippen molar-refractivity contribution in [2.45, 2.75) is 6.42 Å². The molecular weight excluding hydrogens is 228 g/mol. The van der Waals surface area contributed by atoms with E-state index >= 15 is 0 Å². The van der Waals surface area contributed by atoms with E-state index in [0.29, 0.717) is 12.2 Å². The summed E-state index contributed by atoms with van der Waals surface area (Å²) in [5.74, 6) is -1.11. The fourth-order valence-electron chi connectivity index (χ4n) is 1.44. The number of hydrogen-bond acceptors (Lipinski definition) is 2. The highest BCUT2D eigenvalue weighted by Crippen LogP contribution is 2.13. The molecule has 0 saturated carbocycles. The average Bonchev–Trinajstić information content (AvgIpc) is 2.69. The van der Waals surface area contributed by atoms with Crippen LogP contribution in [0.2, 0.25) is 0 Å². The van der Waals surface area contributed by atoms with Gasteiger partial charge in [-0.05, 0) is 40.9 Å². The first-order chi connectivity index (χ1) is 7.74. The second kappa shape index (κ2) is 5.07. The van der Waals surface area contributed by atoms with Crippen LogP contribution in [0.25, 0.3) is 0 Å². The second-order valence-corrected chi connectivity index (χ2v) is 4.25. The van der Waals surface area contributed by atoms with Gasteiger partial charge in [-0.2, -0.15) is 11.3 Å². The average molecular weight is 239 g/mol. The van der Waals surface area contributed by atoms with E-state index in [2.05, 4.69) is 10.7 Å². The van der Waals surface area contributed by atoms with Crippen molar-refractivity contribution >= 4 is 17.0 Å². The van der Waals surface area contributed by atoms with E-state index in [1.165, 1.54) is 17.7 Å². The van der Waals surface area contributed by atoms with Gasteiger partial charge in [-0.1, -0.05) is 0 Å². The summed E-state index contributed by atoms with van der Waals surface area (Å²) < 4.78 is 25.7. The molecule has 4 heteroatoms. The number of halogens is 2. The first-order valence-electron chi connectivity index (χ1n) is 4.95. The number of thiophene rings is 1. The highest BCUT2D eigenvalue weighted by Gasteiger charge is 2.00. The van der Waals surface area contributed by atoms with Crippen LogP contribution in [0.4, 0.5) is 14.5 Å². The molecule has 0 amide bonds. The Labute approximate surface area is 96.7 Å². The van der Waals surface area contributed by atoms with Gasteiger partial charge in [-0.25, -0.2) is 8.78 Å². The molecular formula is C12H11F2NS. The van der Waals surface area contributed by atoms with Gasteiger partial charge in [0, 0.05) is 18.3 Å². The first kappa shape index (κ1) is 11.1. The van der Waals surface area contributed by atoms with Crippen LogP contribution in [0.1, 0.15) is 5.56 Å². The van der Waals surface area contributed by atoms with Crippen molar-refractivity contribution < 1.29 is 8.78 Å². The third-order valence-electron chi connectivity index (χ3n) is 2.19. The Morgan fingerprint density at radius 2 is 1.88 bits per heavy atom. The van der Waals surface area contributed by atoms with Gasteiger partial charge in [0.25, 0.3) is 0 Å². The van der Waals surface area contributed by atoms with Gasteiger partial charge in [0.15, 0.2) is 0 Å². The maximum atomic E-state index is 12.9. The molecule has 0 bridgehead atoms. The smallest absolute Gasteiger partial charge is 0.128 e. The Bertz CT molecular complexity index is 434. The van der Waals surface area contributed by atoms with E-state index in [9.17, 15) is 8.78 Å². The van der Waals surface area contributed by atoms with Crippen LogP contribution in [-0.4, -0.2) is 6.54 Å². The molecule has 0 aliphatic rings. The molecule has 0 radical (unpaired) electrons. The molecule has 0 aliphatic carbocycles. The Morgan fingerprint density at radius 3 is 2.50 bits per heavy atom. The van der Waals surface area contributed by atoms with Crippen LogP contribution < -0.4 is 5.32 Å².